The Balaban J connectivity index is 1.74. The van der Waals surface area contributed by atoms with Crippen molar-refractivity contribution in [1.82, 2.24) is 4.98 Å². The van der Waals surface area contributed by atoms with Gasteiger partial charge in [-0.05, 0) is 44.0 Å². The summed E-state index contributed by atoms with van der Waals surface area (Å²) in [5, 5.41) is 2.88. The highest BCUT2D eigenvalue weighted by Gasteiger charge is 2.15. The summed E-state index contributed by atoms with van der Waals surface area (Å²) in [6.45, 7) is 4.14. The van der Waals surface area contributed by atoms with E-state index in [1.165, 1.54) is 18.4 Å². The topological polar surface area (TPSA) is 45.2 Å². The van der Waals surface area contributed by atoms with Gasteiger partial charge < -0.3 is 10.2 Å². The monoisotopic (exact) mass is 281 g/mol. The lowest BCUT2D eigenvalue weighted by molar-refractivity contribution is 0.102. The summed E-state index contributed by atoms with van der Waals surface area (Å²) in [4.78, 5) is 18.8. The quantitative estimate of drug-likeness (QED) is 0.939. The van der Waals surface area contributed by atoms with Crippen molar-refractivity contribution in [3.63, 3.8) is 0 Å². The van der Waals surface area contributed by atoms with E-state index in [0.717, 1.165) is 24.5 Å². The molecule has 1 N–H and O–H groups in total. The molecule has 0 bridgehead atoms. The molecule has 1 saturated heterocycles. The smallest absolute Gasteiger partial charge is 0.274 e. The second-order valence-corrected chi connectivity index (χ2v) is 5.41. The van der Waals surface area contributed by atoms with Crippen molar-refractivity contribution in [3.8, 4) is 0 Å². The molecular formula is C17H19N3O. The van der Waals surface area contributed by atoms with Crippen molar-refractivity contribution >= 4 is 17.3 Å². The van der Waals surface area contributed by atoms with E-state index in [0.29, 0.717) is 5.69 Å². The Labute approximate surface area is 124 Å². The van der Waals surface area contributed by atoms with Gasteiger partial charge in [0, 0.05) is 30.7 Å². The summed E-state index contributed by atoms with van der Waals surface area (Å²) < 4.78 is 0. The zero-order valence-electron chi connectivity index (χ0n) is 12.2. The van der Waals surface area contributed by atoms with Crippen LogP contribution >= 0.6 is 0 Å². The van der Waals surface area contributed by atoms with E-state index in [1.54, 1.807) is 6.20 Å². The Bertz CT molecular complexity index is 631. The van der Waals surface area contributed by atoms with Gasteiger partial charge >= 0.3 is 0 Å². The minimum absolute atomic E-state index is 0.167. The Morgan fingerprint density at radius 1 is 1.14 bits per heavy atom. The molecule has 108 valence electrons. The molecule has 2 aromatic rings. The maximum Gasteiger partial charge on any atom is 0.274 e. The molecule has 2 heterocycles. The second-order valence-electron chi connectivity index (χ2n) is 5.41. The lowest BCUT2D eigenvalue weighted by Crippen LogP contribution is -2.19. The third kappa shape index (κ3) is 3.21. The third-order valence-corrected chi connectivity index (χ3v) is 3.76. The number of hydrogen-bond donors (Lipinski definition) is 1. The number of carbonyl (C=O) groups excluding carboxylic acids is 1. The molecule has 4 nitrogen and oxygen atoms in total. The van der Waals surface area contributed by atoms with E-state index >= 15 is 0 Å². The largest absolute Gasteiger partial charge is 0.371 e. The summed E-state index contributed by atoms with van der Waals surface area (Å²) in [6, 6.07) is 11.6. The van der Waals surface area contributed by atoms with Gasteiger partial charge in [-0.2, -0.15) is 0 Å². The molecule has 0 saturated carbocycles. The molecule has 1 fully saturated rings. The number of benzene rings is 1. The molecule has 1 aromatic heterocycles. The van der Waals surface area contributed by atoms with Crippen LogP contribution in [-0.2, 0) is 0 Å². The van der Waals surface area contributed by atoms with Gasteiger partial charge in [-0.3, -0.25) is 9.78 Å². The number of nitrogens with zero attached hydrogens (tertiary/aromatic N) is 2. The van der Waals surface area contributed by atoms with Crippen LogP contribution < -0.4 is 10.2 Å². The average molecular weight is 281 g/mol. The van der Waals surface area contributed by atoms with Crippen LogP contribution in [0, 0.1) is 6.92 Å². The molecule has 3 rings (SSSR count). The zero-order chi connectivity index (χ0) is 14.7. The second kappa shape index (κ2) is 5.95. The van der Waals surface area contributed by atoms with Crippen LogP contribution in [0.25, 0.3) is 0 Å². The predicted molar refractivity (Wildman–Crippen MR) is 84.8 cm³/mol. The third-order valence-electron chi connectivity index (χ3n) is 3.76. The normalized spacial score (nSPS) is 14.2. The van der Waals surface area contributed by atoms with Crippen LogP contribution in [0.4, 0.5) is 11.4 Å². The van der Waals surface area contributed by atoms with Gasteiger partial charge in [-0.25, -0.2) is 0 Å². The van der Waals surface area contributed by atoms with E-state index in [4.69, 9.17) is 0 Å². The minimum Gasteiger partial charge on any atom is -0.371 e. The van der Waals surface area contributed by atoms with Gasteiger partial charge in [0.2, 0.25) is 0 Å². The first kappa shape index (κ1) is 13.6. The molecule has 0 spiro atoms. The molecule has 0 unspecified atom stereocenters. The van der Waals surface area contributed by atoms with E-state index < -0.39 is 0 Å². The number of anilines is 2. The molecule has 4 heteroatoms. The fourth-order valence-electron chi connectivity index (χ4n) is 2.55. The van der Waals surface area contributed by atoms with Gasteiger partial charge in [-0.15, -0.1) is 0 Å². The fraction of sp³-hybridized carbons (Fsp3) is 0.294. The van der Waals surface area contributed by atoms with Gasteiger partial charge in [0.25, 0.3) is 5.91 Å². The van der Waals surface area contributed by atoms with Crippen molar-refractivity contribution in [2.24, 2.45) is 0 Å². The van der Waals surface area contributed by atoms with Gasteiger partial charge in [0.05, 0.1) is 0 Å². The number of aromatic nitrogens is 1. The van der Waals surface area contributed by atoms with Crippen molar-refractivity contribution < 1.29 is 4.79 Å². The van der Waals surface area contributed by atoms with Crippen molar-refractivity contribution in [2.75, 3.05) is 23.3 Å². The number of nitrogens with one attached hydrogen (secondary N) is 1. The van der Waals surface area contributed by atoms with Gasteiger partial charge in [0.1, 0.15) is 5.69 Å². The Morgan fingerprint density at radius 2 is 1.86 bits per heavy atom. The van der Waals surface area contributed by atoms with Crippen LogP contribution in [0.15, 0.2) is 42.6 Å². The van der Waals surface area contributed by atoms with E-state index in [1.807, 2.05) is 43.3 Å². The molecule has 1 aliphatic heterocycles. The molecule has 1 aromatic carbocycles. The fourth-order valence-corrected chi connectivity index (χ4v) is 2.55. The molecule has 1 aliphatic rings. The first-order chi connectivity index (χ1) is 10.2. The van der Waals surface area contributed by atoms with Crippen LogP contribution in [0.1, 0.15) is 28.9 Å². The molecule has 0 radical (unpaired) electrons. The number of pyridine rings is 1. The van der Waals surface area contributed by atoms with E-state index in [2.05, 4.69) is 15.2 Å². The number of amides is 1. The number of rotatable bonds is 3. The molecule has 1 amide bonds. The lowest BCUT2D eigenvalue weighted by Gasteiger charge is -2.17. The maximum atomic E-state index is 12.3. The number of carbonyl (C=O) groups is 1. The summed E-state index contributed by atoms with van der Waals surface area (Å²) in [6.07, 6.45) is 4.14. The summed E-state index contributed by atoms with van der Waals surface area (Å²) in [5.41, 5.74) is 3.50. The summed E-state index contributed by atoms with van der Waals surface area (Å²) >= 11 is 0. The van der Waals surface area contributed by atoms with E-state index in [9.17, 15) is 4.79 Å². The first-order valence-electron chi connectivity index (χ1n) is 7.31. The Morgan fingerprint density at radius 3 is 2.57 bits per heavy atom. The minimum atomic E-state index is -0.167. The molecule has 0 aliphatic carbocycles. The molecule has 21 heavy (non-hydrogen) atoms. The van der Waals surface area contributed by atoms with Crippen molar-refractivity contribution in [2.45, 2.75) is 19.8 Å². The van der Waals surface area contributed by atoms with Crippen LogP contribution in [0.5, 0.6) is 0 Å². The Kier molecular flexibility index (Phi) is 3.86. The first-order valence-corrected chi connectivity index (χ1v) is 7.31. The summed E-state index contributed by atoms with van der Waals surface area (Å²) in [7, 11) is 0. The van der Waals surface area contributed by atoms with Crippen molar-refractivity contribution in [3.05, 3.63) is 53.9 Å². The predicted octanol–water partition coefficient (Wildman–Crippen LogP) is 3.24. The van der Waals surface area contributed by atoms with Gasteiger partial charge in [0.15, 0.2) is 0 Å². The molecule has 0 atom stereocenters. The SMILES string of the molecule is Cc1ccc(NC(=O)c2cc(N3CCCC3)ccn2)cc1. The van der Waals surface area contributed by atoms with E-state index in [-0.39, 0.29) is 5.91 Å². The van der Waals surface area contributed by atoms with Gasteiger partial charge in [-0.1, -0.05) is 17.7 Å². The molecular weight excluding hydrogens is 262 g/mol. The number of aryl methyl sites for hydroxylation is 1. The Hall–Kier alpha value is -2.36. The van der Waals surface area contributed by atoms with Crippen LogP contribution in [-0.4, -0.2) is 24.0 Å². The highest BCUT2D eigenvalue weighted by atomic mass is 16.1. The number of hydrogen-bond acceptors (Lipinski definition) is 3. The van der Waals surface area contributed by atoms with Crippen LogP contribution in [0.3, 0.4) is 0 Å². The lowest BCUT2D eigenvalue weighted by atomic mass is 10.2. The highest BCUT2D eigenvalue weighted by Crippen LogP contribution is 2.20. The summed E-state index contributed by atoms with van der Waals surface area (Å²) in [5.74, 6) is -0.167. The standard InChI is InChI=1S/C17H19N3O/c1-13-4-6-14(7-5-13)19-17(21)16-12-15(8-9-18-16)20-10-2-3-11-20/h4-9,12H,2-3,10-11H2,1H3,(H,19,21). The maximum absolute atomic E-state index is 12.3. The highest BCUT2D eigenvalue weighted by molar-refractivity contribution is 6.03. The van der Waals surface area contributed by atoms with Crippen molar-refractivity contribution in [1.29, 1.82) is 0 Å². The average Bonchev–Trinajstić information content (AvgIpc) is 3.04. The zero-order valence-corrected chi connectivity index (χ0v) is 12.2. The van der Waals surface area contributed by atoms with Crippen LogP contribution in [0.2, 0.25) is 0 Å².